The summed E-state index contributed by atoms with van der Waals surface area (Å²) >= 11 is 9.66. The fraction of sp³-hybridized carbons (Fsp3) is 0.241. The van der Waals surface area contributed by atoms with Crippen molar-refractivity contribution in [3.63, 3.8) is 0 Å². The van der Waals surface area contributed by atoms with E-state index in [1.54, 1.807) is 18.2 Å². The summed E-state index contributed by atoms with van der Waals surface area (Å²) in [6.07, 6.45) is 0. The highest BCUT2D eigenvalue weighted by Gasteiger charge is 2.31. The van der Waals surface area contributed by atoms with Crippen LogP contribution in [0.4, 0.5) is 0 Å². The monoisotopic (exact) mass is 597 g/mol. The van der Waals surface area contributed by atoms with E-state index in [4.69, 9.17) is 16.3 Å². The first-order valence-electron chi connectivity index (χ1n) is 12.1. The zero-order chi connectivity index (χ0) is 27.4. The van der Waals surface area contributed by atoms with Crippen LogP contribution in [-0.2, 0) is 17.9 Å². The Kier molecular flexibility index (Phi) is 8.45. The summed E-state index contributed by atoms with van der Waals surface area (Å²) in [5.74, 6) is -0.772. The number of amides is 1. The van der Waals surface area contributed by atoms with Crippen LogP contribution in [0.2, 0.25) is 5.02 Å². The van der Waals surface area contributed by atoms with Crippen molar-refractivity contribution >= 4 is 50.3 Å². The van der Waals surface area contributed by atoms with Gasteiger partial charge in [-0.1, -0.05) is 63.9 Å². The summed E-state index contributed by atoms with van der Waals surface area (Å²) in [6.45, 7) is 6.38. The number of ether oxygens (including phenoxy) is 1. The highest BCUT2D eigenvalue weighted by molar-refractivity contribution is 9.10. The summed E-state index contributed by atoms with van der Waals surface area (Å²) < 4.78 is 6.90. The van der Waals surface area contributed by atoms with E-state index in [2.05, 4.69) is 31.5 Å². The number of nitrogens with one attached hydrogen (secondary N) is 3. The molecule has 0 bridgehead atoms. The van der Waals surface area contributed by atoms with Crippen molar-refractivity contribution in [2.75, 3.05) is 0 Å². The predicted molar refractivity (Wildman–Crippen MR) is 153 cm³/mol. The number of aromatic amines is 1. The van der Waals surface area contributed by atoms with Gasteiger partial charge in [-0.15, -0.1) is 0 Å². The second-order valence-electron chi connectivity index (χ2n) is 9.99. The van der Waals surface area contributed by atoms with E-state index in [-0.39, 0.29) is 11.6 Å². The number of carboxylic acids is 1. The minimum Gasteiger partial charge on any atom is -0.489 e. The smallest absolute Gasteiger partial charge is 0.352 e. The van der Waals surface area contributed by atoms with Crippen molar-refractivity contribution in [1.29, 1.82) is 0 Å². The number of rotatable bonds is 9. The molecule has 1 amide bonds. The Morgan fingerprint density at radius 3 is 2.45 bits per heavy atom. The molecule has 4 N–H and O–H groups in total. The molecule has 38 heavy (non-hydrogen) atoms. The number of carboxylic acid groups (broad SMARTS) is 1. The molecule has 4 aromatic rings. The second kappa shape index (κ2) is 11.6. The van der Waals surface area contributed by atoms with Crippen LogP contribution in [0.3, 0.4) is 0 Å². The van der Waals surface area contributed by atoms with E-state index in [0.29, 0.717) is 40.4 Å². The number of hydrogen-bond acceptors (Lipinski definition) is 4. The summed E-state index contributed by atoms with van der Waals surface area (Å²) in [5, 5.41) is 17.3. The van der Waals surface area contributed by atoms with Gasteiger partial charge in [0, 0.05) is 43.6 Å². The molecule has 0 aliphatic carbocycles. The molecule has 3 aromatic carbocycles. The number of carbonyl (C=O) groups is 2. The Hall–Kier alpha value is -3.33. The maximum Gasteiger partial charge on any atom is 0.352 e. The van der Waals surface area contributed by atoms with E-state index in [9.17, 15) is 14.7 Å². The summed E-state index contributed by atoms with van der Waals surface area (Å²) in [6, 6.07) is 19.6. The number of carbonyl (C=O) groups excluding carboxylic acids is 1. The highest BCUT2D eigenvalue weighted by Crippen LogP contribution is 2.31. The Bertz CT molecular complexity index is 1460. The van der Waals surface area contributed by atoms with Crippen molar-refractivity contribution < 1.29 is 19.4 Å². The van der Waals surface area contributed by atoms with Crippen LogP contribution in [-0.4, -0.2) is 27.5 Å². The average molecular weight is 599 g/mol. The number of hydrogen-bond donors (Lipinski definition) is 4. The molecule has 7 nitrogen and oxygen atoms in total. The van der Waals surface area contributed by atoms with Gasteiger partial charge in [-0.05, 0) is 56.7 Å². The third-order valence-corrected chi connectivity index (χ3v) is 6.86. The first-order valence-corrected chi connectivity index (χ1v) is 13.2. The third kappa shape index (κ3) is 6.75. The predicted octanol–water partition coefficient (Wildman–Crippen LogP) is 6.61. The average Bonchev–Trinajstić information content (AvgIpc) is 3.22. The van der Waals surface area contributed by atoms with E-state index in [1.807, 2.05) is 69.3 Å². The van der Waals surface area contributed by atoms with E-state index in [0.717, 1.165) is 15.6 Å². The van der Waals surface area contributed by atoms with Gasteiger partial charge in [0.1, 0.15) is 24.1 Å². The zero-order valence-electron chi connectivity index (χ0n) is 21.3. The molecule has 198 valence electrons. The van der Waals surface area contributed by atoms with Gasteiger partial charge in [0.15, 0.2) is 0 Å². The lowest BCUT2D eigenvalue weighted by Gasteiger charge is -2.26. The Morgan fingerprint density at radius 1 is 1.08 bits per heavy atom. The molecule has 1 unspecified atom stereocenters. The molecule has 0 spiro atoms. The summed E-state index contributed by atoms with van der Waals surface area (Å²) in [5.41, 5.74) is 2.29. The summed E-state index contributed by atoms with van der Waals surface area (Å²) in [7, 11) is 0. The maximum absolute atomic E-state index is 13.4. The van der Waals surface area contributed by atoms with E-state index < -0.39 is 17.6 Å². The molecular formula is C29H29BrClN3O4. The van der Waals surface area contributed by atoms with Crippen LogP contribution in [0.1, 0.15) is 54.0 Å². The van der Waals surface area contributed by atoms with E-state index in [1.165, 1.54) is 0 Å². The van der Waals surface area contributed by atoms with Crippen molar-refractivity contribution in [1.82, 2.24) is 15.6 Å². The topological polar surface area (TPSA) is 103 Å². The number of H-pyrrole nitrogens is 1. The lowest BCUT2D eigenvalue weighted by Crippen LogP contribution is -2.46. The number of aromatic nitrogens is 1. The SMILES string of the molecule is CC(C)(C)NC(=O)C(NCc1ccc(OCc2ccccc2Br)cc1)c1c(C(=O)O)[nH]c2cc(Cl)ccc12. The normalized spacial score (nSPS) is 12.3. The Balaban J connectivity index is 1.57. The molecule has 0 aliphatic rings. The molecule has 1 heterocycles. The first kappa shape index (κ1) is 27.7. The van der Waals surface area contributed by atoms with Gasteiger partial charge in [0.05, 0.1) is 0 Å². The minimum atomic E-state index is -1.16. The fourth-order valence-electron chi connectivity index (χ4n) is 4.13. The second-order valence-corrected chi connectivity index (χ2v) is 11.3. The molecule has 0 radical (unpaired) electrons. The fourth-order valence-corrected chi connectivity index (χ4v) is 4.70. The van der Waals surface area contributed by atoms with E-state index >= 15 is 0 Å². The largest absolute Gasteiger partial charge is 0.489 e. The first-order chi connectivity index (χ1) is 18.0. The van der Waals surface area contributed by atoms with Crippen molar-refractivity contribution in [2.24, 2.45) is 0 Å². The molecule has 9 heteroatoms. The van der Waals surface area contributed by atoms with Gasteiger partial charge in [-0.3, -0.25) is 10.1 Å². The highest BCUT2D eigenvalue weighted by atomic mass is 79.9. The van der Waals surface area contributed by atoms with Crippen molar-refractivity contribution in [2.45, 2.75) is 45.5 Å². The lowest BCUT2D eigenvalue weighted by atomic mass is 9.99. The molecule has 0 saturated heterocycles. The van der Waals surface area contributed by atoms with Crippen LogP contribution < -0.4 is 15.4 Å². The molecule has 0 fully saturated rings. The lowest BCUT2D eigenvalue weighted by molar-refractivity contribution is -0.124. The van der Waals surface area contributed by atoms with Gasteiger partial charge < -0.3 is 20.1 Å². The van der Waals surface area contributed by atoms with Gasteiger partial charge in [0.25, 0.3) is 0 Å². The summed E-state index contributed by atoms with van der Waals surface area (Å²) in [4.78, 5) is 28.5. The van der Waals surface area contributed by atoms with Gasteiger partial charge in [-0.2, -0.15) is 0 Å². The van der Waals surface area contributed by atoms with Crippen molar-refractivity contribution in [3.05, 3.63) is 98.6 Å². The third-order valence-electron chi connectivity index (χ3n) is 5.85. The van der Waals surface area contributed by atoms with Gasteiger partial charge >= 0.3 is 5.97 Å². The van der Waals surface area contributed by atoms with Crippen LogP contribution in [0.5, 0.6) is 5.75 Å². The minimum absolute atomic E-state index is 0.0559. The molecule has 1 atom stereocenters. The zero-order valence-corrected chi connectivity index (χ0v) is 23.6. The molecular weight excluding hydrogens is 570 g/mol. The number of halogens is 2. The number of aromatic carboxylic acids is 1. The van der Waals surface area contributed by atoms with Gasteiger partial charge in [0.2, 0.25) is 5.91 Å². The Labute approximate surface area is 234 Å². The number of benzene rings is 3. The van der Waals surface area contributed by atoms with Crippen LogP contribution in [0.15, 0.2) is 71.2 Å². The quantitative estimate of drug-likeness (QED) is 0.174. The van der Waals surface area contributed by atoms with Crippen LogP contribution in [0.25, 0.3) is 10.9 Å². The Morgan fingerprint density at radius 2 is 1.79 bits per heavy atom. The molecule has 1 aromatic heterocycles. The number of fused-ring (bicyclic) bond motifs is 1. The van der Waals surface area contributed by atoms with Crippen molar-refractivity contribution in [3.8, 4) is 5.75 Å². The molecule has 0 aliphatic heterocycles. The van der Waals surface area contributed by atoms with Crippen LogP contribution >= 0.6 is 27.5 Å². The van der Waals surface area contributed by atoms with Gasteiger partial charge in [-0.25, -0.2) is 4.79 Å². The maximum atomic E-state index is 13.4. The van der Waals surface area contributed by atoms with Crippen LogP contribution in [0, 0.1) is 0 Å². The molecule has 4 rings (SSSR count). The standard InChI is InChI=1S/C29H29BrClN3O4/c1-29(2,3)34-27(35)25(24-21-13-10-19(31)14-23(21)33-26(24)28(36)37)32-15-17-8-11-20(12-9-17)38-16-18-6-4-5-7-22(18)30/h4-14,25,32-33H,15-16H2,1-3H3,(H,34,35)(H,36,37). The molecule has 0 saturated carbocycles.